The summed E-state index contributed by atoms with van der Waals surface area (Å²) in [6, 6.07) is 9.53. The minimum Gasteiger partial charge on any atom is -0.490 e. The first-order valence-corrected chi connectivity index (χ1v) is 10.7. The highest BCUT2D eigenvalue weighted by Gasteiger charge is 2.41. The zero-order chi connectivity index (χ0) is 23.2. The number of halogens is 5. The van der Waals surface area contributed by atoms with E-state index >= 15 is 0 Å². The maximum absolute atomic E-state index is 13.8. The quantitative estimate of drug-likeness (QED) is 0.263. The van der Waals surface area contributed by atoms with Crippen LogP contribution in [0.2, 0.25) is 10.0 Å². The number of rotatable bonds is 11. The molecule has 0 aliphatic rings. The Bertz CT molecular complexity index is 879. The van der Waals surface area contributed by atoms with Crippen molar-refractivity contribution in [3.8, 4) is 11.5 Å². The molecule has 2 aromatic rings. The maximum Gasteiger partial charge on any atom is 0.463 e. The van der Waals surface area contributed by atoms with Crippen molar-refractivity contribution in [1.82, 2.24) is 0 Å². The highest BCUT2D eigenvalue weighted by molar-refractivity contribution is 6.37. The summed E-state index contributed by atoms with van der Waals surface area (Å²) < 4.78 is 42.3. The minimum absolute atomic E-state index is 0.145. The van der Waals surface area contributed by atoms with E-state index in [0.29, 0.717) is 34.7 Å². The molecule has 0 heterocycles. The van der Waals surface area contributed by atoms with Crippen LogP contribution in [-0.4, -0.2) is 38.1 Å². The van der Waals surface area contributed by atoms with Gasteiger partial charge in [-0.15, -0.1) is 11.6 Å². The Kier molecular flexibility index (Phi) is 8.95. The lowest BCUT2D eigenvalue weighted by atomic mass is 9.78. The van der Waals surface area contributed by atoms with Crippen LogP contribution in [0.5, 0.6) is 11.5 Å². The molecule has 2 rings (SSSR count). The molecule has 0 saturated carbocycles. The molecule has 170 valence electrons. The summed E-state index contributed by atoms with van der Waals surface area (Å²) in [4.78, 5) is 11.4. The summed E-state index contributed by atoms with van der Waals surface area (Å²) >= 11 is 18.4. The van der Waals surface area contributed by atoms with Crippen LogP contribution >= 0.6 is 34.8 Å². The molecular formula is C22H23Cl3F2O4. The van der Waals surface area contributed by atoms with Gasteiger partial charge in [-0.3, -0.25) is 4.79 Å². The SMILES string of the molecule is COCC(=O)C(F)(F)Oc1ccc(C(C)(C)c2cc(Cl)c(OCCCCl)c(Cl)c2)cc1. The molecule has 0 spiro atoms. The fourth-order valence-corrected chi connectivity index (χ4v) is 3.52. The van der Waals surface area contributed by atoms with Crippen LogP contribution < -0.4 is 9.47 Å². The number of carbonyl (C=O) groups is 1. The van der Waals surface area contributed by atoms with Gasteiger partial charge in [0.25, 0.3) is 5.78 Å². The lowest BCUT2D eigenvalue weighted by Crippen LogP contribution is -2.37. The number of ketones is 1. The Morgan fingerprint density at radius 2 is 1.61 bits per heavy atom. The zero-order valence-corrected chi connectivity index (χ0v) is 19.6. The van der Waals surface area contributed by atoms with Crippen molar-refractivity contribution in [3.63, 3.8) is 0 Å². The van der Waals surface area contributed by atoms with E-state index in [0.717, 1.165) is 18.2 Å². The van der Waals surface area contributed by atoms with E-state index in [4.69, 9.17) is 39.5 Å². The van der Waals surface area contributed by atoms with Gasteiger partial charge in [-0.2, -0.15) is 8.78 Å². The lowest BCUT2D eigenvalue weighted by Gasteiger charge is -2.27. The number of alkyl halides is 3. The number of ether oxygens (including phenoxy) is 3. The molecule has 0 unspecified atom stereocenters. The second-order valence-electron chi connectivity index (χ2n) is 7.28. The first kappa shape index (κ1) is 25.7. The van der Waals surface area contributed by atoms with Crippen molar-refractivity contribution >= 4 is 40.6 Å². The molecule has 0 fully saturated rings. The average molecular weight is 496 g/mol. The molecule has 0 saturated heterocycles. The monoisotopic (exact) mass is 494 g/mol. The van der Waals surface area contributed by atoms with Gasteiger partial charge in [0.15, 0.2) is 5.75 Å². The summed E-state index contributed by atoms with van der Waals surface area (Å²) in [6.45, 7) is 3.53. The Hall–Kier alpha value is -1.60. The smallest absolute Gasteiger partial charge is 0.463 e. The number of methoxy groups -OCH3 is 1. The van der Waals surface area contributed by atoms with Gasteiger partial charge in [0.2, 0.25) is 0 Å². The Labute approximate surface area is 195 Å². The van der Waals surface area contributed by atoms with E-state index in [2.05, 4.69) is 9.47 Å². The third-order valence-electron chi connectivity index (χ3n) is 4.67. The fourth-order valence-electron chi connectivity index (χ4n) is 2.81. The molecule has 0 aromatic heterocycles. The topological polar surface area (TPSA) is 44.8 Å². The number of hydrogen-bond acceptors (Lipinski definition) is 4. The lowest BCUT2D eigenvalue weighted by molar-refractivity contribution is -0.193. The van der Waals surface area contributed by atoms with Crippen LogP contribution in [0.15, 0.2) is 36.4 Å². The maximum atomic E-state index is 13.8. The van der Waals surface area contributed by atoms with Gasteiger partial charge in [-0.25, -0.2) is 0 Å². The highest BCUT2D eigenvalue weighted by Crippen LogP contribution is 2.41. The predicted octanol–water partition coefficient (Wildman–Crippen LogP) is 6.51. The molecule has 4 nitrogen and oxygen atoms in total. The molecular weight excluding hydrogens is 473 g/mol. The van der Waals surface area contributed by atoms with Gasteiger partial charge in [-0.1, -0.05) is 49.2 Å². The van der Waals surface area contributed by atoms with Crippen LogP contribution in [0.4, 0.5) is 8.78 Å². The molecule has 0 amide bonds. The highest BCUT2D eigenvalue weighted by atomic mass is 35.5. The molecule has 9 heteroatoms. The Morgan fingerprint density at radius 1 is 1.03 bits per heavy atom. The molecule has 0 aliphatic carbocycles. The van der Waals surface area contributed by atoms with Gasteiger partial charge in [-0.05, 0) is 41.8 Å². The standard InChI is InChI=1S/C22H23Cl3F2O4/c1-21(2,15-11-17(24)20(18(25)12-15)30-10-4-9-23)14-5-7-16(8-6-14)31-22(26,27)19(28)13-29-3/h5-8,11-12H,4,9-10,13H2,1-3H3. The van der Waals surface area contributed by atoms with Gasteiger partial charge >= 0.3 is 6.11 Å². The van der Waals surface area contributed by atoms with Crippen LogP contribution in [0.3, 0.4) is 0 Å². The predicted molar refractivity (Wildman–Crippen MR) is 118 cm³/mol. The van der Waals surface area contributed by atoms with Gasteiger partial charge < -0.3 is 14.2 Å². The van der Waals surface area contributed by atoms with Crippen molar-refractivity contribution in [1.29, 1.82) is 0 Å². The van der Waals surface area contributed by atoms with Crippen molar-refractivity contribution in [2.75, 3.05) is 26.2 Å². The third-order valence-corrected chi connectivity index (χ3v) is 5.50. The summed E-state index contributed by atoms with van der Waals surface area (Å²) in [6.07, 6.45) is -3.32. The van der Waals surface area contributed by atoms with E-state index < -0.39 is 23.9 Å². The van der Waals surface area contributed by atoms with Crippen molar-refractivity contribution in [2.24, 2.45) is 0 Å². The summed E-state index contributed by atoms with van der Waals surface area (Å²) in [5, 5.41) is 0.725. The molecule has 0 atom stereocenters. The van der Waals surface area contributed by atoms with Crippen LogP contribution in [0, 0.1) is 0 Å². The molecule has 2 aromatic carbocycles. The zero-order valence-electron chi connectivity index (χ0n) is 17.3. The second-order valence-corrected chi connectivity index (χ2v) is 8.48. The largest absolute Gasteiger partial charge is 0.490 e. The Balaban J connectivity index is 2.23. The average Bonchev–Trinajstić information content (AvgIpc) is 2.70. The van der Waals surface area contributed by atoms with Gasteiger partial charge in [0.05, 0.1) is 16.7 Å². The van der Waals surface area contributed by atoms with Crippen molar-refractivity contribution in [2.45, 2.75) is 31.8 Å². The van der Waals surface area contributed by atoms with Gasteiger partial charge in [0.1, 0.15) is 12.4 Å². The normalized spacial score (nSPS) is 12.0. The first-order valence-electron chi connectivity index (χ1n) is 9.40. The van der Waals surface area contributed by atoms with E-state index in [9.17, 15) is 13.6 Å². The molecule has 0 bridgehead atoms. The molecule has 31 heavy (non-hydrogen) atoms. The number of carbonyl (C=O) groups excluding carboxylic acids is 1. The summed E-state index contributed by atoms with van der Waals surface area (Å²) in [5.41, 5.74) is 1.05. The minimum atomic E-state index is -3.98. The van der Waals surface area contributed by atoms with E-state index in [1.54, 1.807) is 24.3 Å². The van der Waals surface area contributed by atoms with Crippen LogP contribution in [0.25, 0.3) is 0 Å². The summed E-state index contributed by atoms with van der Waals surface area (Å²) in [5.74, 6) is -0.753. The second kappa shape index (κ2) is 10.8. The third kappa shape index (κ3) is 6.45. The molecule has 0 aliphatic heterocycles. The Morgan fingerprint density at radius 3 is 2.13 bits per heavy atom. The van der Waals surface area contributed by atoms with Crippen molar-refractivity contribution in [3.05, 3.63) is 57.6 Å². The van der Waals surface area contributed by atoms with E-state index in [-0.39, 0.29) is 5.75 Å². The fraction of sp³-hybridized carbons (Fsp3) is 0.409. The van der Waals surface area contributed by atoms with Crippen LogP contribution in [0.1, 0.15) is 31.4 Å². The van der Waals surface area contributed by atoms with E-state index in [1.165, 1.54) is 12.1 Å². The molecule has 0 radical (unpaired) electrons. The number of benzene rings is 2. The van der Waals surface area contributed by atoms with Gasteiger partial charge in [0, 0.05) is 18.4 Å². The molecule has 0 N–H and O–H groups in total. The van der Waals surface area contributed by atoms with Crippen LogP contribution in [-0.2, 0) is 14.9 Å². The van der Waals surface area contributed by atoms with Crippen molar-refractivity contribution < 1.29 is 27.8 Å². The number of hydrogen-bond donors (Lipinski definition) is 0. The number of Topliss-reactive ketones (excluding diaryl/α,β-unsaturated/α-hetero) is 1. The first-order chi connectivity index (χ1) is 14.5. The summed E-state index contributed by atoms with van der Waals surface area (Å²) in [7, 11) is 1.15. The van der Waals surface area contributed by atoms with E-state index in [1.807, 2.05) is 13.8 Å².